The highest BCUT2D eigenvalue weighted by Crippen LogP contribution is 2.15. The normalized spacial score (nSPS) is 10.9. The second kappa shape index (κ2) is 7.34. The highest BCUT2D eigenvalue weighted by atomic mass is 35.5. The van der Waals surface area contributed by atoms with Gasteiger partial charge in [0.15, 0.2) is 0 Å². The van der Waals surface area contributed by atoms with E-state index in [-0.39, 0.29) is 23.9 Å². The maximum atomic E-state index is 12.4. The van der Waals surface area contributed by atoms with E-state index >= 15 is 0 Å². The van der Waals surface area contributed by atoms with Crippen molar-refractivity contribution in [2.24, 2.45) is 0 Å². The molecule has 0 heterocycles. The average molecular weight is 298 g/mol. The second-order valence-corrected chi connectivity index (χ2v) is 6.09. The number of hydrogen-bond acceptors (Lipinski definition) is 2. The molecule has 5 heteroatoms. The van der Waals surface area contributed by atoms with Crippen LogP contribution in [0.25, 0.3) is 0 Å². The van der Waals surface area contributed by atoms with Crippen molar-refractivity contribution in [1.29, 1.82) is 0 Å². The molecule has 3 nitrogen and oxygen atoms in total. The summed E-state index contributed by atoms with van der Waals surface area (Å²) >= 11 is 5.45. The van der Waals surface area contributed by atoms with E-state index in [9.17, 15) is 8.42 Å². The highest BCUT2D eigenvalue weighted by molar-refractivity contribution is 7.89. The van der Waals surface area contributed by atoms with Crippen LogP contribution in [-0.4, -0.2) is 31.7 Å². The van der Waals surface area contributed by atoms with E-state index in [1.54, 1.807) is 24.3 Å². The van der Waals surface area contributed by atoms with Crippen molar-refractivity contribution in [2.75, 3.05) is 19.0 Å². The Hall–Kier alpha value is -1.28. The van der Waals surface area contributed by atoms with Crippen molar-refractivity contribution in [3.05, 3.63) is 42.5 Å². The van der Waals surface area contributed by atoms with Gasteiger partial charge in [0.1, 0.15) is 0 Å². The summed E-state index contributed by atoms with van der Waals surface area (Å²) in [5.74, 6) is 5.56. The van der Waals surface area contributed by atoms with Crippen molar-refractivity contribution in [3.8, 4) is 11.8 Å². The number of benzene rings is 1. The van der Waals surface area contributed by atoms with Gasteiger partial charge in [-0.2, -0.15) is 4.31 Å². The van der Waals surface area contributed by atoms with Gasteiger partial charge in [-0.25, -0.2) is 8.42 Å². The Bertz CT molecular complexity index is 582. The van der Waals surface area contributed by atoms with E-state index in [1.807, 2.05) is 6.92 Å². The number of aryl methyl sites for hydroxylation is 1. The maximum absolute atomic E-state index is 12.4. The first-order chi connectivity index (χ1) is 9.02. The molecule has 102 valence electrons. The molecule has 0 N–H and O–H groups in total. The Kier molecular flexibility index (Phi) is 6.10. The molecule has 1 aromatic rings. The molecule has 0 aliphatic heterocycles. The Morgan fingerprint density at radius 3 is 2.47 bits per heavy atom. The minimum atomic E-state index is -3.54. The third-order valence-electron chi connectivity index (χ3n) is 2.44. The van der Waals surface area contributed by atoms with Crippen LogP contribution < -0.4 is 0 Å². The molecule has 1 rings (SSSR count). The second-order valence-electron chi connectivity index (χ2n) is 3.89. The molecular formula is C14H16ClNO2S. The molecule has 19 heavy (non-hydrogen) atoms. The zero-order valence-electron chi connectivity index (χ0n) is 10.8. The molecule has 0 atom stereocenters. The van der Waals surface area contributed by atoms with Gasteiger partial charge < -0.3 is 0 Å². The topological polar surface area (TPSA) is 37.4 Å². The summed E-state index contributed by atoms with van der Waals surface area (Å²) in [5.41, 5.74) is 1.01. The lowest BCUT2D eigenvalue weighted by Crippen LogP contribution is -2.31. The molecule has 0 aliphatic carbocycles. The molecule has 1 aromatic carbocycles. The summed E-state index contributed by atoms with van der Waals surface area (Å²) < 4.78 is 26.1. The fraction of sp³-hybridized carbons (Fsp3) is 0.286. The van der Waals surface area contributed by atoms with E-state index in [2.05, 4.69) is 18.4 Å². The highest BCUT2D eigenvalue weighted by Gasteiger charge is 2.22. The Balaban J connectivity index is 3.04. The first-order valence-corrected chi connectivity index (χ1v) is 7.69. The first kappa shape index (κ1) is 15.8. The van der Waals surface area contributed by atoms with Gasteiger partial charge in [0, 0.05) is 6.54 Å². The van der Waals surface area contributed by atoms with Gasteiger partial charge in [-0.05, 0) is 19.1 Å². The number of nitrogens with zero attached hydrogens (tertiary/aromatic N) is 1. The van der Waals surface area contributed by atoms with Crippen molar-refractivity contribution in [3.63, 3.8) is 0 Å². The summed E-state index contributed by atoms with van der Waals surface area (Å²) in [6, 6.07) is 6.72. The van der Waals surface area contributed by atoms with Crippen LogP contribution in [-0.2, 0) is 10.0 Å². The molecule has 0 aromatic heterocycles. The summed E-state index contributed by atoms with van der Waals surface area (Å²) in [7, 11) is -3.54. The molecule has 0 radical (unpaired) electrons. The third-order valence-corrected chi connectivity index (χ3v) is 4.40. The van der Waals surface area contributed by atoms with Gasteiger partial charge in [-0.1, -0.05) is 35.6 Å². The van der Waals surface area contributed by atoms with Crippen molar-refractivity contribution in [2.45, 2.75) is 11.8 Å². The largest absolute Gasteiger partial charge is 0.244 e. The molecule has 0 unspecified atom stereocenters. The minimum Gasteiger partial charge on any atom is -0.207 e. The summed E-state index contributed by atoms with van der Waals surface area (Å²) in [6.07, 6.45) is 1.54. The Morgan fingerprint density at radius 2 is 1.95 bits per heavy atom. The smallest absolute Gasteiger partial charge is 0.207 e. The fourth-order valence-corrected chi connectivity index (χ4v) is 2.85. The Morgan fingerprint density at radius 1 is 1.32 bits per heavy atom. The Labute approximate surface area is 119 Å². The van der Waals surface area contributed by atoms with E-state index in [0.29, 0.717) is 0 Å². The molecule has 0 aliphatic rings. The molecule has 0 spiro atoms. The zero-order valence-corrected chi connectivity index (χ0v) is 12.3. The lowest BCUT2D eigenvalue weighted by molar-refractivity contribution is 0.478. The van der Waals surface area contributed by atoms with Gasteiger partial charge in [-0.15, -0.1) is 18.2 Å². The van der Waals surface area contributed by atoms with Crippen LogP contribution in [0.15, 0.2) is 41.8 Å². The van der Waals surface area contributed by atoms with E-state index in [4.69, 9.17) is 11.6 Å². The van der Waals surface area contributed by atoms with Crippen LogP contribution >= 0.6 is 11.6 Å². The van der Waals surface area contributed by atoms with Crippen molar-refractivity contribution in [1.82, 2.24) is 4.31 Å². The molecule has 0 saturated heterocycles. The van der Waals surface area contributed by atoms with Gasteiger partial charge in [-0.3, -0.25) is 0 Å². The molecule has 0 bridgehead atoms. The lowest BCUT2D eigenvalue weighted by Gasteiger charge is -2.18. The number of sulfonamides is 1. The number of alkyl halides is 1. The predicted molar refractivity (Wildman–Crippen MR) is 78.6 cm³/mol. The standard InChI is InChI=1S/C14H16ClNO2S/c1-3-11-16(12-5-4-10-15)19(17,18)14-8-6-13(2)7-9-14/h3,6-9H,1,10-12H2,2H3. The lowest BCUT2D eigenvalue weighted by atomic mass is 10.2. The van der Waals surface area contributed by atoms with Gasteiger partial charge in [0.25, 0.3) is 0 Å². The number of halogens is 1. The quantitative estimate of drug-likeness (QED) is 0.475. The van der Waals surface area contributed by atoms with Crippen LogP contribution in [0, 0.1) is 18.8 Å². The molecule has 0 amide bonds. The molecular weight excluding hydrogens is 282 g/mol. The minimum absolute atomic E-state index is 0.106. The van der Waals surface area contributed by atoms with E-state index < -0.39 is 10.0 Å². The molecule has 0 fully saturated rings. The summed E-state index contributed by atoms with van der Waals surface area (Å²) in [4.78, 5) is 0.257. The molecule has 0 saturated carbocycles. The van der Waals surface area contributed by atoms with E-state index in [0.717, 1.165) is 5.56 Å². The van der Waals surface area contributed by atoms with Crippen LogP contribution in [0.3, 0.4) is 0 Å². The van der Waals surface area contributed by atoms with Crippen molar-refractivity contribution >= 4 is 21.6 Å². The monoisotopic (exact) mass is 297 g/mol. The number of rotatable bonds is 5. The van der Waals surface area contributed by atoms with Gasteiger partial charge in [0.05, 0.1) is 17.3 Å². The third kappa shape index (κ3) is 4.39. The average Bonchev–Trinajstić information content (AvgIpc) is 2.38. The van der Waals surface area contributed by atoms with Gasteiger partial charge >= 0.3 is 0 Å². The summed E-state index contributed by atoms with van der Waals surface area (Å²) in [5, 5.41) is 0. The van der Waals surface area contributed by atoms with Gasteiger partial charge in [0.2, 0.25) is 10.0 Å². The van der Waals surface area contributed by atoms with Crippen LogP contribution in [0.5, 0.6) is 0 Å². The zero-order chi connectivity index (χ0) is 14.3. The van der Waals surface area contributed by atoms with Crippen LogP contribution in [0.1, 0.15) is 5.56 Å². The fourth-order valence-electron chi connectivity index (χ4n) is 1.44. The number of hydrogen-bond donors (Lipinski definition) is 0. The van der Waals surface area contributed by atoms with Crippen molar-refractivity contribution < 1.29 is 8.42 Å². The predicted octanol–water partition coefficient (Wildman–Crippen LogP) is 2.41. The summed E-state index contributed by atoms with van der Waals surface area (Å²) in [6.45, 7) is 5.80. The van der Waals surface area contributed by atoms with Crippen LogP contribution in [0.2, 0.25) is 0 Å². The van der Waals surface area contributed by atoms with Crippen LogP contribution in [0.4, 0.5) is 0 Å². The first-order valence-electron chi connectivity index (χ1n) is 5.71. The maximum Gasteiger partial charge on any atom is 0.244 e. The van der Waals surface area contributed by atoms with E-state index in [1.165, 1.54) is 10.4 Å². The SMILES string of the molecule is C=CCN(CC#CCCl)S(=O)(=O)c1ccc(C)cc1.